The van der Waals surface area contributed by atoms with Crippen molar-refractivity contribution in [1.82, 2.24) is 20.2 Å². The molecule has 0 spiro atoms. The van der Waals surface area contributed by atoms with Gasteiger partial charge in [-0.05, 0) is 50.9 Å². The Balaban J connectivity index is 0.00000193. The number of hydrogen-bond donors (Lipinski definition) is 3. The molecule has 1 aromatic heterocycles. The summed E-state index contributed by atoms with van der Waals surface area (Å²) in [6.07, 6.45) is 6.54. The molecule has 3 N–H and O–H groups in total. The van der Waals surface area contributed by atoms with Crippen LogP contribution in [0.25, 0.3) is 10.9 Å². The van der Waals surface area contributed by atoms with Gasteiger partial charge in [0.05, 0.1) is 17.8 Å². The summed E-state index contributed by atoms with van der Waals surface area (Å²) < 4.78 is 14.6. The zero-order valence-electron chi connectivity index (χ0n) is 18.3. The summed E-state index contributed by atoms with van der Waals surface area (Å²) in [6, 6.07) is 3.55. The fourth-order valence-corrected chi connectivity index (χ4v) is 5.52. The van der Waals surface area contributed by atoms with Gasteiger partial charge in [-0.25, -0.2) is 9.37 Å². The fraction of sp³-hybridized carbons (Fsp3) is 0.609. The maximum atomic E-state index is 14.6. The van der Waals surface area contributed by atoms with Gasteiger partial charge in [-0.1, -0.05) is 20.3 Å². The summed E-state index contributed by atoms with van der Waals surface area (Å²) in [6.45, 7) is 2.21. The quantitative estimate of drug-likeness (QED) is 0.535. The normalized spacial score (nSPS) is 17.4. The third-order valence-electron chi connectivity index (χ3n) is 6.17. The van der Waals surface area contributed by atoms with Crippen LogP contribution >= 0.6 is 24.2 Å². The number of benzene rings is 1. The van der Waals surface area contributed by atoms with Crippen molar-refractivity contribution in [3.05, 3.63) is 34.1 Å². The third kappa shape index (κ3) is 7.07. The smallest absolute Gasteiger partial charge is 0.261 e. The molecular formula is C23H35ClFN5O2S. The minimum absolute atomic E-state index is 0. The SMILES string of the molecule is C.CNC(=O)CN1CCC(SCc2nc3cc(NC4CCCC4)cc(F)c3c(=O)[nH]2)CC1.Cl. The van der Waals surface area contributed by atoms with Crippen LogP contribution in [0.4, 0.5) is 10.1 Å². The number of anilines is 1. The number of nitrogens with one attached hydrogen (secondary N) is 3. The number of aromatic amines is 1. The lowest BCUT2D eigenvalue weighted by Gasteiger charge is -2.30. The Hall–Kier alpha value is -1.84. The molecular weight excluding hydrogens is 465 g/mol. The lowest BCUT2D eigenvalue weighted by atomic mass is 10.1. The van der Waals surface area contributed by atoms with Crippen LogP contribution in [0.3, 0.4) is 0 Å². The third-order valence-corrected chi connectivity index (χ3v) is 7.55. The van der Waals surface area contributed by atoms with Crippen LogP contribution in [0.2, 0.25) is 0 Å². The number of carbonyl (C=O) groups excluding carboxylic acids is 1. The number of halogens is 2. The lowest BCUT2D eigenvalue weighted by molar-refractivity contribution is -0.121. The number of piperidine rings is 1. The molecule has 2 fully saturated rings. The van der Waals surface area contributed by atoms with Gasteiger partial charge < -0.3 is 15.6 Å². The van der Waals surface area contributed by atoms with Gasteiger partial charge in [0.25, 0.3) is 5.56 Å². The second kappa shape index (κ2) is 12.6. The first-order valence-corrected chi connectivity index (χ1v) is 12.1. The van der Waals surface area contributed by atoms with E-state index < -0.39 is 11.4 Å². The van der Waals surface area contributed by atoms with Crippen LogP contribution in [0.1, 0.15) is 51.8 Å². The van der Waals surface area contributed by atoms with E-state index in [-0.39, 0.29) is 31.1 Å². The van der Waals surface area contributed by atoms with Crippen LogP contribution in [0.15, 0.2) is 16.9 Å². The topological polar surface area (TPSA) is 90.1 Å². The maximum absolute atomic E-state index is 14.6. The highest BCUT2D eigenvalue weighted by atomic mass is 35.5. The second-order valence-electron chi connectivity index (χ2n) is 8.45. The van der Waals surface area contributed by atoms with Crippen molar-refractivity contribution in [2.24, 2.45) is 0 Å². The summed E-state index contributed by atoms with van der Waals surface area (Å²) in [5.41, 5.74) is 0.670. The Labute approximate surface area is 205 Å². The number of thioether (sulfide) groups is 1. The van der Waals surface area contributed by atoms with Crippen molar-refractivity contribution in [2.45, 2.75) is 63.0 Å². The standard InChI is InChI=1S/C22H30FN5O2S.CH4.ClH/c1-24-20(29)12-28-8-6-16(7-9-28)31-13-19-26-18-11-15(25-14-4-2-3-5-14)10-17(23)21(18)22(30)27-19;;/h10-11,14,16,25H,2-9,12-13H2,1H3,(H,24,29)(H,26,27,30);1H4;1H. The predicted molar refractivity (Wildman–Crippen MR) is 137 cm³/mol. The van der Waals surface area contributed by atoms with Gasteiger partial charge in [0.15, 0.2) is 0 Å². The minimum Gasteiger partial charge on any atom is -0.382 e. The largest absolute Gasteiger partial charge is 0.382 e. The van der Waals surface area contributed by atoms with Crippen molar-refractivity contribution in [1.29, 1.82) is 0 Å². The van der Waals surface area contributed by atoms with Crippen molar-refractivity contribution in [3.63, 3.8) is 0 Å². The number of likely N-dealkylation sites (N-methyl/N-ethyl adjacent to an activating group) is 1. The molecule has 1 aliphatic heterocycles. The molecule has 0 radical (unpaired) electrons. The first kappa shape index (κ1) is 27.4. The molecule has 184 valence electrons. The number of likely N-dealkylation sites (tertiary alicyclic amines) is 1. The van der Waals surface area contributed by atoms with Crippen LogP contribution in [-0.2, 0) is 10.5 Å². The summed E-state index contributed by atoms with van der Waals surface area (Å²) in [4.78, 5) is 33.5. The van der Waals surface area contributed by atoms with Gasteiger partial charge in [-0.15, -0.1) is 12.4 Å². The molecule has 1 saturated heterocycles. The molecule has 0 unspecified atom stereocenters. The van der Waals surface area contributed by atoms with Crippen molar-refractivity contribution >= 4 is 46.7 Å². The molecule has 2 heterocycles. The number of carbonyl (C=O) groups is 1. The zero-order valence-corrected chi connectivity index (χ0v) is 19.9. The van der Waals surface area contributed by atoms with E-state index in [2.05, 4.69) is 25.5 Å². The first-order chi connectivity index (χ1) is 15.0. The summed E-state index contributed by atoms with van der Waals surface area (Å²) in [5, 5.41) is 6.52. The Morgan fingerprint density at radius 1 is 1.24 bits per heavy atom. The Kier molecular flexibility index (Phi) is 10.4. The van der Waals surface area contributed by atoms with Gasteiger partial charge in [-0.3, -0.25) is 14.5 Å². The molecule has 1 aromatic carbocycles. The number of amides is 1. The second-order valence-corrected chi connectivity index (χ2v) is 9.74. The summed E-state index contributed by atoms with van der Waals surface area (Å²) in [5.74, 6) is 0.660. The highest BCUT2D eigenvalue weighted by molar-refractivity contribution is 7.99. The van der Waals surface area contributed by atoms with E-state index in [1.54, 1.807) is 24.9 Å². The van der Waals surface area contributed by atoms with E-state index in [9.17, 15) is 14.0 Å². The first-order valence-electron chi connectivity index (χ1n) is 11.1. The van der Waals surface area contributed by atoms with Gasteiger partial charge in [0, 0.05) is 24.0 Å². The van der Waals surface area contributed by atoms with E-state index in [0.717, 1.165) is 38.8 Å². The lowest BCUT2D eigenvalue weighted by Crippen LogP contribution is -2.41. The number of fused-ring (bicyclic) bond motifs is 1. The molecule has 2 aliphatic rings. The van der Waals surface area contributed by atoms with E-state index >= 15 is 0 Å². The van der Waals surface area contributed by atoms with Crippen LogP contribution in [-0.4, -0.2) is 58.7 Å². The van der Waals surface area contributed by atoms with E-state index in [1.807, 2.05) is 0 Å². The molecule has 1 aliphatic carbocycles. The predicted octanol–water partition coefficient (Wildman–Crippen LogP) is 3.92. The molecule has 4 rings (SSSR count). The van der Waals surface area contributed by atoms with Crippen molar-refractivity contribution < 1.29 is 9.18 Å². The number of rotatable bonds is 7. The fourth-order valence-electron chi connectivity index (χ4n) is 4.44. The van der Waals surface area contributed by atoms with E-state index in [1.165, 1.54) is 18.9 Å². The molecule has 2 aromatic rings. The highest BCUT2D eigenvalue weighted by Gasteiger charge is 2.22. The summed E-state index contributed by atoms with van der Waals surface area (Å²) >= 11 is 1.76. The number of aromatic nitrogens is 2. The van der Waals surface area contributed by atoms with Gasteiger partial charge in [0.1, 0.15) is 17.0 Å². The molecule has 1 amide bonds. The average Bonchev–Trinajstić information content (AvgIpc) is 3.25. The van der Waals surface area contributed by atoms with Crippen LogP contribution in [0, 0.1) is 5.82 Å². The molecule has 33 heavy (non-hydrogen) atoms. The Morgan fingerprint density at radius 3 is 2.61 bits per heavy atom. The zero-order chi connectivity index (χ0) is 21.8. The van der Waals surface area contributed by atoms with Crippen LogP contribution < -0.4 is 16.2 Å². The molecule has 0 atom stereocenters. The molecule has 0 bridgehead atoms. The maximum Gasteiger partial charge on any atom is 0.261 e. The van der Waals surface area contributed by atoms with Gasteiger partial charge in [0.2, 0.25) is 5.91 Å². The monoisotopic (exact) mass is 499 g/mol. The minimum atomic E-state index is -0.533. The number of H-pyrrole nitrogens is 1. The Bertz CT molecular complexity index is 991. The van der Waals surface area contributed by atoms with Gasteiger partial charge >= 0.3 is 0 Å². The summed E-state index contributed by atoms with van der Waals surface area (Å²) in [7, 11) is 1.65. The highest BCUT2D eigenvalue weighted by Crippen LogP contribution is 2.27. The van der Waals surface area contributed by atoms with Crippen molar-refractivity contribution in [2.75, 3.05) is 32.0 Å². The van der Waals surface area contributed by atoms with Gasteiger partial charge in [-0.2, -0.15) is 11.8 Å². The number of nitrogens with zero attached hydrogens (tertiary/aromatic N) is 2. The van der Waals surface area contributed by atoms with Crippen LogP contribution in [0.5, 0.6) is 0 Å². The number of hydrogen-bond acceptors (Lipinski definition) is 6. The van der Waals surface area contributed by atoms with Crippen molar-refractivity contribution in [3.8, 4) is 0 Å². The van der Waals surface area contributed by atoms with E-state index in [4.69, 9.17) is 0 Å². The average molecular weight is 500 g/mol. The Morgan fingerprint density at radius 2 is 1.94 bits per heavy atom. The van der Waals surface area contributed by atoms with E-state index in [0.29, 0.717) is 40.6 Å². The molecule has 10 heteroatoms. The molecule has 7 nitrogen and oxygen atoms in total. The molecule has 1 saturated carbocycles.